The summed E-state index contributed by atoms with van der Waals surface area (Å²) in [5.74, 6) is -0.763. The van der Waals surface area contributed by atoms with Crippen molar-refractivity contribution in [2.24, 2.45) is 0 Å². The summed E-state index contributed by atoms with van der Waals surface area (Å²) in [6.45, 7) is 3.25. The molecule has 0 aromatic rings. The minimum absolute atomic E-state index is 0.178. The molecule has 4 nitrogen and oxygen atoms in total. The van der Waals surface area contributed by atoms with Crippen molar-refractivity contribution < 1.29 is 14.6 Å². The molecule has 0 fully saturated rings. The molecule has 0 aliphatic carbocycles. The highest BCUT2D eigenvalue weighted by molar-refractivity contribution is 5.66. The molecule has 2 N–H and O–H groups in total. The molecule has 0 amide bonds. The third kappa shape index (κ3) is 7.50. The highest BCUT2D eigenvalue weighted by atomic mass is 16.5. The summed E-state index contributed by atoms with van der Waals surface area (Å²) in [5, 5.41) is 11.4. The van der Waals surface area contributed by atoms with E-state index in [1.54, 1.807) is 7.11 Å². The molecule has 1 unspecified atom stereocenters. The fourth-order valence-electron chi connectivity index (χ4n) is 0.822. The van der Waals surface area contributed by atoms with Gasteiger partial charge in [-0.15, -0.1) is 0 Å². The Hall–Kier alpha value is -0.610. The molecule has 0 radical (unpaired) electrons. The van der Waals surface area contributed by atoms with E-state index >= 15 is 0 Å². The van der Waals surface area contributed by atoms with Gasteiger partial charge in [-0.3, -0.25) is 4.79 Å². The number of hydrogen-bond donors (Lipinski definition) is 2. The molecule has 0 saturated heterocycles. The zero-order valence-electron chi connectivity index (χ0n) is 7.67. The van der Waals surface area contributed by atoms with Crippen molar-refractivity contribution in [2.75, 3.05) is 20.3 Å². The molecule has 4 heteroatoms. The van der Waals surface area contributed by atoms with E-state index in [1.165, 1.54) is 0 Å². The van der Waals surface area contributed by atoms with Crippen LogP contribution in [0.25, 0.3) is 0 Å². The lowest BCUT2D eigenvalue weighted by Gasteiger charge is -2.11. The van der Waals surface area contributed by atoms with Crippen LogP contribution in [0.1, 0.15) is 19.8 Å². The second-order valence-corrected chi connectivity index (χ2v) is 2.78. The third-order valence-corrected chi connectivity index (χ3v) is 1.59. The Morgan fingerprint density at radius 1 is 1.67 bits per heavy atom. The molecule has 0 rings (SSSR count). The number of methoxy groups -OCH3 is 1. The molecule has 0 aliphatic heterocycles. The lowest BCUT2D eigenvalue weighted by molar-refractivity contribution is -0.136. The summed E-state index contributed by atoms with van der Waals surface area (Å²) >= 11 is 0. The van der Waals surface area contributed by atoms with Gasteiger partial charge in [-0.25, -0.2) is 0 Å². The number of hydrogen-bond acceptors (Lipinski definition) is 3. The standard InChI is InChI=1S/C8H17NO3/c1-7(4-6-12-2)9-5-3-8(10)11/h7,9H,3-6H2,1-2H3,(H,10,11). The number of aliphatic carboxylic acids is 1. The predicted molar refractivity (Wildman–Crippen MR) is 46.2 cm³/mol. The van der Waals surface area contributed by atoms with Crippen LogP contribution in [0, 0.1) is 0 Å². The Kier molecular flexibility index (Phi) is 6.70. The maximum atomic E-state index is 10.1. The number of ether oxygens (including phenoxy) is 1. The van der Waals surface area contributed by atoms with E-state index in [9.17, 15) is 4.79 Å². The Balaban J connectivity index is 3.19. The van der Waals surface area contributed by atoms with Gasteiger partial charge in [0.1, 0.15) is 0 Å². The number of carboxylic acid groups (broad SMARTS) is 1. The maximum absolute atomic E-state index is 10.1. The van der Waals surface area contributed by atoms with Crippen LogP contribution in [0.2, 0.25) is 0 Å². The SMILES string of the molecule is COCCC(C)NCCC(=O)O. The van der Waals surface area contributed by atoms with Gasteiger partial charge in [-0.05, 0) is 13.3 Å². The molecule has 0 saturated carbocycles. The van der Waals surface area contributed by atoms with Crippen LogP contribution in [-0.2, 0) is 9.53 Å². The molecule has 0 spiro atoms. The molecule has 0 bridgehead atoms. The predicted octanol–water partition coefficient (Wildman–Crippen LogP) is 0.476. The third-order valence-electron chi connectivity index (χ3n) is 1.59. The topological polar surface area (TPSA) is 58.6 Å². The summed E-state index contributed by atoms with van der Waals surface area (Å²) in [4.78, 5) is 10.1. The molecule has 1 atom stereocenters. The quantitative estimate of drug-likeness (QED) is 0.590. The first kappa shape index (κ1) is 11.4. The lowest BCUT2D eigenvalue weighted by atomic mass is 10.2. The molecule has 0 heterocycles. The average Bonchev–Trinajstić information content (AvgIpc) is 2.00. The summed E-state index contributed by atoms with van der Waals surface area (Å²) in [6, 6.07) is 0.323. The van der Waals surface area contributed by atoms with Gasteiger partial charge in [0.25, 0.3) is 0 Å². The van der Waals surface area contributed by atoms with Crippen molar-refractivity contribution in [3.8, 4) is 0 Å². The summed E-state index contributed by atoms with van der Waals surface area (Å²) < 4.78 is 4.88. The first-order valence-corrected chi connectivity index (χ1v) is 4.11. The minimum atomic E-state index is -0.763. The van der Waals surface area contributed by atoms with Crippen molar-refractivity contribution in [1.29, 1.82) is 0 Å². The van der Waals surface area contributed by atoms with Crippen molar-refractivity contribution in [2.45, 2.75) is 25.8 Å². The molecular formula is C8H17NO3. The highest BCUT2D eigenvalue weighted by Crippen LogP contribution is 1.90. The Labute approximate surface area is 72.9 Å². The minimum Gasteiger partial charge on any atom is -0.481 e. The fraction of sp³-hybridized carbons (Fsp3) is 0.875. The van der Waals surface area contributed by atoms with E-state index in [-0.39, 0.29) is 6.42 Å². The second-order valence-electron chi connectivity index (χ2n) is 2.78. The number of nitrogens with one attached hydrogen (secondary N) is 1. The van der Waals surface area contributed by atoms with Crippen LogP contribution >= 0.6 is 0 Å². The van der Waals surface area contributed by atoms with E-state index in [0.717, 1.165) is 6.42 Å². The number of carboxylic acids is 1. The largest absolute Gasteiger partial charge is 0.481 e. The van der Waals surface area contributed by atoms with Crippen LogP contribution in [0.3, 0.4) is 0 Å². The fourth-order valence-corrected chi connectivity index (χ4v) is 0.822. The van der Waals surface area contributed by atoms with Crippen LogP contribution < -0.4 is 5.32 Å². The second kappa shape index (κ2) is 7.06. The molecule has 0 aromatic carbocycles. The van der Waals surface area contributed by atoms with E-state index in [4.69, 9.17) is 9.84 Å². The summed E-state index contributed by atoms with van der Waals surface area (Å²) in [7, 11) is 1.66. The molecule has 72 valence electrons. The van der Waals surface area contributed by atoms with Gasteiger partial charge in [-0.2, -0.15) is 0 Å². The van der Waals surface area contributed by atoms with Gasteiger partial charge in [0.05, 0.1) is 6.42 Å². The highest BCUT2D eigenvalue weighted by Gasteiger charge is 2.01. The monoisotopic (exact) mass is 175 g/mol. The molecule has 0 aromatic heterocycles. The first-order valence-electron chi connectivity index (χ1n) is 4.11. The summed E-state index contributed by atoms with van der Waals surface area (Å²) in [5.41, 5.74) is 0. The van der Waals surface area contributed by atoms with Crippen LogP contribution in [-0.4, -0.2) is 37.4 Å². The van der Waals surface area contributed by atoms with Crippen molar-refractivity contribution in [1.82, 2.24) is 5.32 Å². The Morgan fingerprint density at radius 2 is 2.33 bits per heavy atom. The van der Waals surface area contributed by atoms with Crippen molar-refractivity contribution >= 4 is 5.97 Å². The smallest absolute Gasteiger partial charge is 0.304 e. The van der Waals surface area contributed by atoms with E-state index in [1.807, 2.05) is 6.92 Å². The molecule has 12 heavy (non-hydrogen) atoms. The van der Waals surface area contributed by atoms with E-state index in [2.05, 4.69) is 5.32 Å². The van der Waals surface area contributed by atoms with Crippen molar-refractivity contribution in [3.05, 3.63) is 0 Å². The molecule has 0 aliphatic rings. The van der Waals surface area contributed by atoms with Crippen molar-refractivity contribution in [3.63, 3.8) is 0 Å². The zero-order valence-corrected chi connectivity index (χ0v) is 7.67. The number of rotatable bonds is 7. The van der Waals surface area contributed by atoms with Crippen LogP contribution in [0.4, 0.5) is 0 Å². The van der Waals surface area contributed by atoms with Gasteiger partial charge in [-0.1, -0.05) is 0 Å². The van der Waals surface area contributed by atoms with Gasteiger partial charge in [0, 0.05) is 26.3 Å². The van der Waals surface area contributed by atoms with Gasteiger partial charge < -0.3 is 15.2 Å². The molecular weight excluding hydrogens is 158 g/mol. The van der Waals surface area contributed by atoms with E-state index < -0.39 is 5.97 Å². The van der Waals surface area contributed by atoms with Crippen LogP contribution in [0.5, 0.6) is 0 Å². The average molecular weight is 175 g/mol. The van der Waals surface area contributed by atoms with Gasteiger partial charge >= 0.3 is 5.97 Å². The Morgan fingerprint density at radius 3 is 2.83 bits per heavy atom. The maximum Gasteiger partial charge on any atom is 0.304 e. The van der Waals surface area contributed by atoms with Crippen LogP contribution in [0.15, 0.2) is 0 Å². The number of carbonyl (C=O) groups is 1. The lowest BCUT2D eigenvalue weighted by Crippen LogP contribution is -2.29. The normalized spacial score (nSPS) is 12.8. The van der Waals surface area contributed by atoms with Gasteiger partial charge in [0.15, 0.2) is 0 Å². The zero-order chi connectivity index (χ0) is 9.40. The Bertz CT molecular complexity index is 127. The van der Waals surface area contributed by atoms with Gasteiger partial charge in [0.2, 0.25) is 0 Å². The first-order chi connectivity index (χ1) is 5.66. The van der Waals surface area contributed by atoms with E-state index in [0.29, 0.717) is 19.2 Å². The summed E-state index contributed by atoms with van der Waals surface area (Å²) in [6.07, 6.45) is 1.09.